The van der Waals surface area contributed by atoms with Crippen LogP contribution in [0.4, 0.5) is 0 Å². The van der Waals surface area contributed by atoms with E-state index in [1.165, 1.54) is 11.8 Å². The second-order valence-electron chi connectivity index (χ2n) is 1.98. The summed E-state index contributed by atoms with van der Waals surface area (Å²) in [7, 11) is -1.42. The maximum atomic E-state index is 8.84. The van der Waals surface area contributed by atoms with Crippen LogP contribution in [0.3, 0.4) is 0 Å². The van der Waals surface area contributed by atoms with Gasteiger partial charge in [0.1, 0.15) is 0 Å². The number of hydrogen-bond acceptors (Lipinski definition) is 4. The number of hydrogen-bond donors (Lipinski definition) is 2. The monoisotopic (exact) mass is 169 g/mol. The molecular weight excluding hydrogens is 161 g/mol. The Balaban J connectivity index is 3.02. The van der Waals surface area contributed by atoms with Gasteiger partial charge in [-0.05, 0) is 12.3 Å². The fraction of sp³-hybridized carbons (Fsp3) is 0.167. The number of pyridine rings is 1. The van der Waals surface area contributed by atoms with Gasteiger partial charge >= 0.3 is 7.12 Å². The normalized spacial score (nSPS) is 9.73. The van der Waals surface area contributed by atoms with Gasteiger partial charge in [-0.25, -0.2) is 0 Å². The summed E-state index contributed by atoms with van der Waals surface area (Å²) in [5, 5.41) is 18.3. The summed E-state index contributed by atoms with van der Waals surface area (Å²) < 4.78 is 0. The van der Waals surface area contributed by atoms with Crippen molar-refractivity contribution in [1.82, 2.24) is 4.98 Å². The molecule has 5 heteroatoms. The maximum Gasteiger partial charge on any atom is 0.491 e. The van der Waals surface area contributed by atoms with Crippen LogP contribution in [0.25, 0.3) is 0 Å². The molecule has 0 aliphatic rings. The lowest BCUT2D eigenvalue weighted by atomic mass is 9.82. The van der Waals surface area contributed by atoms with Gasteiger partial charge in [-0.2, -0.15) is 0 Å². The van der Waals surface area contributed by atoms with E-state index in [1.54, 1.807) is 18.3 Å². The second kappa shape index (κ2) is 3.76. The van der Waals surface area contributed by atoms with Gasteiger partial charge in [0.15, 0.2) is 0 Å². The maximum absolute atomic E-state index is 8.84. The van der Waals surface area contributed by atoms with E-state index in [0.717, 1.165) is 0 Å². The third kappa shape index (κ3) is 1.96. The first-order valence-electron chi connectivity index (χ1n) is 3.10. The van der Waals surface area contributed by atoms with E-state index >= 15 is 0 Å². The van der Waals surface area contributed by atoms with Crippen LogP contribution in [-0.2, 0) is 0 Å². The van der Waals surface area contributed by atoms with Gasteiger partial charge < -0.3 is 10.0 Å². The van der Waals surface area contributed by atoms with Crippen LogP contribution in [0.2, 0.25) is 0 Å². The summed E-state index contributed by atoms with van der Waals surface area (Å²) in [6.45, 7) is 0. The Morgan fingerprint density at radius 3 is 2.73 bits per heavy atom. The highest BCUT2D eigenvalue weighted by Gasteiger charge is 2.15. The lowest BCUT2D eigenvalue weighted by Gasteiger charge is -2.02. The Hall–Kier alpha value is -0.515. The molecule has 0 unspecified atom stereocenters. The van der Waals surface area contributed by atoms with Gasteiger partial charge in [-0.3, -0.25) is 4.98 Å². The molecule has 0 aromatic carbocycles. The molecule has 0 atom stereocenters. The molecular formula is C6H8BNO2S. The zero-order chi connectivity index (χ0) is 8.27. The minimum Gasteiger partial charge on any atom is -0.423 e. The van der Waals surface area contributed by atoms with Crippen molar-refractivity contribution in [1.29, 1.82) is 0 Å². The fourth-order valence-electron chi connectivity index (χ4n) is 0.770. The first-order chi connectivity index (χ1) is 5.25. The highest BCUT2D eigenvalue weighted by molar-refractivity contribution is 7.98. The van der Waals surface area contributed by atoms with Gasteiger partial charge in [0.05, 0.1) is 5.03 Å². The SMILES string of the molecule is CSc1ncccc1B(O)O. The van der Waals surface area contributed by atoms with E-state index in [0.29, 0.717) is 10.5 Å². The van der Waals surface area contributed by atoms with Gasteiger partial charge in [0, 0.05) is 11.7 Å². The first kappa shape index (κ1) is 8.58. The molecule has 1 aromatic heterocycles. The van der Waals surface area contributed by atoms with Crippen molar-refractivity contribution in [2.45, 2.75) is 5.03 Å². The lowest BCUT2D eigenvalue weighted by molar-refractivity contribution is 0.424. The second-order valence-corrected chi connectivity index (χ2v) is 2.77. The molecule has 0 bridgehead atoms. The van der Waals surface area contributed by atoms with Crippen LogP contribution in [0.15, 0.2) is 23.4 Å². The Kier molecular flexibility index (Phi) is 2.93. The van der Waals surface area contributed by atoms with E-state index in [-0.39, 0.29) is 0 Å². The number of rotatable bonds is 2. The van der Waals surface area contributed by atoms with Crippen molar-refractivity contribution >= 4 is 24.3 Å². The third-order valence-corrected chi connectivity index (χ3v) is 2.00. The molecule has 1 rings (SSSR count). The third-order valence-electron chi connectivity index (χ3n) is 1.27. The number of thioether (sulfide) groups is 1. The minimum atomic E-state index is -1.42. The quantitative estimate of drug-likeness (QED) is 0.462. The highest BCUT2D eigenvalue weighted by Crippen LogP contribution is 2.06. The number of nitrogens with zero attached hydrogens (tertiary/aromatic N) is 1. The average molecular weight is 169 g/mol. The van der Waals surface area contributed by atoms with E-state index in [1.807, 2.05) is 6.26 Å². The number of aromatic nitrogens is 1. The standard InChI is InChI=1S/C6H8BNO2S/c1-11-6-5(7(9)10)3-2-4-8-6/h2-4,9-10H,1H3. The molecule has 0 saturated carbocycles. The van der Waals surface area contributed by atoms with E-state index in [4.69, 9.17) is 10.0 Å². The largest absolute Gasteiger partial charge is 0.491 e. The molecule has 0 aliphatic heterocycles. The Labute approximate surface area is 69.6 Å². The first-order valence-corrected chi connectivity index (χ1v) is 4.33. The molecule has 3 nitrogen and oxygen atoms in total. The van der Waals surface area contributed by atoms with Gasteiger partial charge in [-0.1, -0.05) is 6.07 Å². The minimum absolute atomic E-state index is 0.458. The van der Waals surface area contributed by atoms with Gasteiger partial charge in [0.25, 0.3) is 0 Å². The van der Waals surface area contributed by atoms with Crippen LogP contribution in [0.1, 0.15) is 0 Å². The molecule has 2 N–H and O–H groups in total. The summed E-state index contributed by atoms with van der Waals surface area (Å²) in [5.74, 6) is 0. The molecule has 1 heterocycles. The summed E-state index contributed by atoms with van der Waals surface area (Å²) >= 11 is 1.39. The van der Waals surface area contributed by atoms with Gasteiger partial charge in [0.2, 0.25) is 0 Å². The molecule has 0 aliphatic carbocycles. The smallest absolute Gasteiger partial charge is 0.423 e. The molecule has 0 fully saturated rings. The molecule has 1 aromatic rings. The van der Waals surface area contributed by atoms with Crippen molar-refractivity contribution in [3.05, 3.63) is 18.3 Å². The topological polar surface area (TPSA) is 53.4 Å². The van der Waals surface area contributed by atoms with Crippen molar-refractivity contribution in [3.8, 4) is 0 Å². The zero-order valence-electron chi connectivity index (χ0n) is 6.06. The summed E-state index contributed by atoms with van der Waals surface area (Å²) in [6.07, 6.45) is 3.46. The predicted octanol–water partition coefficient (Wildman–Crippen LogP) is -0.517. The van der Waals surface area contributed by atoms with E-state index in [2.05, 4.69) is 4.98 Å². The van der Waals surface area contributed by atoms with Crippen LogP contribution >= 0.6 is 11.8 Å². The van der Waals surface area contributed by atoms with Crippen molar-refractivity contribution in [3.63, 3.8) is 0 Å². The van der Waals surface area contributed by atoms with Crippen molar-refractivity contribution in [2.24, 2.45) is 0 Å². The Morgan fingerprint density at radius 2 is 2.27 bits per heavy atom. The molecule has 0 spiro atoms. The van der Waals surface area contributed by atoms with Crippen LogP contribution in [-0.4, -0.2) is 28.4 Å². The van der Waals surface area contributed by atoms with Crippen LogP contribution < -0.4 is 5.46 Å². The summed E-state index contributed by atoms with van der Waals surface area (Å²) in [5.41, 5.74) is 0.458. The average Bonchev–Trinajstić information content (AvgIpc) is 2.04. The molecule has 0 amide bonds. The lowest BCUT2D eigenvalue weighted by Crippen LogP contribution is -2.31. The molecule has 11 heavy (non-hydrogen) atoms. The van der Waals surface area contributed by atoms with E-state index in [9.17, 15) is 0 Å². The molecule has 0 saturated heterocycles. The Bertz CT molecular complexity index is 244. The fourth-order valence-corrected chi connectivity index (χ4v) is 1.35. The van der Waals surface area contributed by atoms with Crippen LogP contribution in [0.5, 0.6) is 0 Å². The van der Waals surface area contributed by atoms with E-state index < -0.39 is 7.12 Å². The van der Waals surface area contributed by atoms with Crippen molar-refractivity contribution in [2.75, 3.05) is 6.26 Å². The Morgan fingerprint density at radius 1 is 1.55 bits per heavy atom. The predicted molar refractivity (Wildman–Crippen MR) is 45.8 cm³/mol. The van der Waals surface area contributed by atoms with Crippen LogP contribution in [0, 0.1) is 0 Å². The summed E-state index contributed by atoms with van der Waals surface area (Å²) in [4.78, 5) is 3.96. The molecule has 0 radical (unpaired) electrons. The van der Waals surface area contributed by atoms with Gasteiger partial charge in [-0.15, -0.1) is 11.8 Å². The summed E-state index contributed by atoms with van der Waals surface area (Å²) in [6, 6.07) is 3.32. The van der Waals surface area contributed by atoms with Crippen molar-refractivity contribution < 1.29 is 10.0 Å². The molecule has 58 valence electrons. The highest BCUT2D eigenvalue weighted by atomic mass is 32.2. The zero-order valence-corrected chi connectivity index (χ0v) is 6.88.